The lowest BCUT2D eigenvalue weighted by molar-refractivity contribution is 0.0995. The van der Waals surface area contributed by atoms with Crippen molar-refractivity contribution < 1.29 is 13.2 Å². The second-order valence-electron chi connectivity index (χ2n) is 3.54. The van der Waals surface area contributed by atoms with Crippen LogP contribution in [0.25, 0.3) is 0 Å². The van der Waals surface area contributed by atoms with Crippen molar-refractivity contribution in [3.05, 3.63) is 24.0 Å². The van der Waals surface area contributed by atoms with Crippen LogP contribution in [0.2, 0.25) is 0 Å². The number of nitrogens with one attached hydrogen (secondary N) is 2. The molecule has 0 saturated carbocycles. The van der Waals surface area contributed by atoms with E-state index in [0.29, 0.717) is 12.2 Å². The van der Waals surface area contributed by atoms with Crippen molar-refractivity contribution in [1.29, 1.82) is 0 Å². The average molecular weight is 272 g/mol. The summed E-state index contributed by atoms with van der Waals surface area (Å²) in [4.78, 5) is 14.7. The number of nitrogens with two attached hydrogens (primary N) is 1. The van der Waals surface area contributed by atoms with E-state index in [0.717, 1.165) is 0 Å². The summed E-state index contributed by atoms with van der Waals surface area (Å²) in [5.74, 6) is -0.673. The van der Waals surface area contributed by atoms with Gasteiger partial charge in [0.25, 0.3) is 5.91 Å². The highest BCUT2D eigenvalue weighted by molar-refractivity contribution is 7.89. The Labute approximate surface area is 106 Å². The Morgan fingerprint density at radius 3 is 2.83 bits per heavy atom. The maximum absolute atomic E-state index is 11.4. The zero-order valence-electron chi connectivity index (χ0n) is 10.0. The largest absolute Gasteiger partial charge is 0.384 e. The molecule has 1 rings (SSSR count). The van der Waals surface area contributed by atoms with Crippen molar-refractivity contribution in [3.8, 4) is 0 Å². The highest BCUT2D eigenvalue weighted by Crippen LogP contribution is 2.07. The molecule has 0 spiro atoms. The number of pyridine rings is 1. The van der Waals surface area contributed by atoms with Crippen molar-refractivity contribution in [2.45, 2.75) is 6.92 Å². The Balaban J connectivity index is 2.54. The predicted molar refractivity (Wildman–Crippen MR) is 68.7 cm³/mol. The zero-order valence-corrected chi connectivity index (χ0v) is 10.8. The van der Waals surface area contributed by atoms with Crippen LogP contribution in [0.3, 0.4) is 0 Å². The first-order valence-electron chi connectivity index (χ1n) is 5.41. The van der Waals surface area contributed by atoms with Gasteiger partial charge < -0.3 is 11.1 Å². The SMILES string of the molecule is CCNS(=O)(=O)CCNc1ccnc(C(N)=O)c1. The van der Waals surface area contributed by atoms with Gasteiger partial charge in [0.05, 0.1) is 5.75 Å². The third-order valence-electron chi connectivity index (χ3n) is 2.08. The van der Waals surface area contributed by atoms with E-state index in [1.54, 1.807) is 13.0 Å². The fourth-order valence-corrected chi connectivity index (χ4v) is 2.25. The molecule has 0 unspecified atom stereocenters. The lowest BCUT2D eigenvalue weighted by Gasteiger charge is -2.07. The van der Waals surface area contributed by atoms with Crippen molar-refractivity contribution in [1.82, 2.24) is 9.71 Å². The fraction of sp³-hybridized carbons (Fsp3) is 0.400. The van der Waals surface area contributed by atoms with Crippen LogP contribution in [0, 0.1) is 0 Å². The van der Waals surface area contributed by atoms with Crippen LogP contribution in [0.4, 0.5) is 5.69 Å². The molecule has 1 aromatic heterocycles. The summed E-state index contributed by atoms with van der Waals surface area (Å²) >= 11 is 0. The molecular formula is C10H16N4O3S. The Morgan fingerprint density at radius 1 is 1.50 bits per heavy atom. The summed E-state index contributed by atoms with van der Waals surface area (Å²) in [6.45, 7) is 2.31. The molecule has 0 aromatic carbocycles. The Hall–Kier alpha value is -1.67. The minimum Gasteiger partial charge on any atom is -0.384 e. The summed E-state index contributed by atoms with van der Waals surface area (Å²) in [6.07, 6.45) is 1.43. The number of aromatic nitrogens is 1. The van der Waals surface area contributed by atoms with Crippen molar-refractivity contribution >= 4 is 21.6 Å². The second kappa shape index (κ2) is 6.31. The summed E-state index contributed by atoms with van der Waals surface area (Å²) in [5, 5.41) is 2.89. The number of amides is 1. The van der Waals surface area contributed by atoms with Crippen molar-refractivity contribution in [2.75, 3.05) is 24.2 Å². The van der Waals surface area contributed by atoms with Gasteiger partial charge in [-0.3, -0.25) is 9.78 Å². The molecule has 0 aliphatic rings. The Kier molecular flexibility index (Phi) is 5.05. The van der Waals surface area contributed by atoms with E-state index in [-0.39, 0.29) is 18.0 Å². The number of carbonyl (C=O) groups excluding carboxylic acids is 1. The van der Waals surface area contributed by atoms with Crippen molar-refractivity contribution in [3.63, 3.8) is 0 Å². The van der Waals surface area contributed by atoms with Crippen LogP contribution in [0.15, 0.2) is 18.3 Å². The first-order valence-corrected chi connectivity index (χ1v) is 7.07. The predicted octanol–water partition coefficient (Wildman–Crippen LogP) is -0.468. The number of primary amides is 1. The topological polar surface area (TPSA) is 114 Å². The van der Waals surface area contributed by atoms with Crippen LogP contribution >= 0.6 is 0 Å². The molecule has 100 valence electrons. The normalized spacial score (nSPS) is 11.2. The van der Waals surface area contributed by atoms with Crippen molar-refractivity contribution in [2.24, 2.45) is 5.73 Å². The molecule has 0 aliphatic carbocycles. The monoisotopic (exact) mass is 272 g/mol. The molecule has 1 amide bonds. The molecule has 4 N–H and O–H groups in total. The quantitative estimate of drug-likeness (QED) is 0.621. The number of hydrogen-bond donors (Lipinski definition) is 3. The van der Waals surface area contributed by atoms with E-state index in [4.69, 9.17) is 5.73 Å². The first-order chi connectivity index (χ1) is 8.44. The standard InChI is InChI=1S/C10H16N4O3S/c1-2-14-18(16,17)6-5-12-8-3-4-13-9(7-8)10(11)15/h3-4,7,14H,2,5-6H2,1H3,(H2,11,15)(H,12,13). The molecule has 0 saturated heterocycles. The summed E-state index contributed by atoms with van der Waals surface area (Å²) < 4.78 is 25.1. The molecule has 0 fully saturated rings. The van der Waals surface area contributed by atoms with Crippen LogP contribution < -0.4 is 15.8 Å². The molecule has 18 heavy (non-hydrogen) atoms. The minimum atomic E-state index is -3.25. The molecule has 8 heteroatoms. The van der Waals surface area contributed by atoms with Gasteiger partial charge in [0, 0.05) is 25.0 Å². The van der Waals surface area contributed by atoms with E-state index in [9.17, 15) is 13.2 Å². The van der Waals surface area contributed by atoms with Gasteiger partial charge in [-0.2, -0.15) is 0 Å². The van der Waals surface area contributed by atoms with Crippen LogP contribution in [-0.4, -0.2) is 38.2 Å². The number of sulfonamides is 1. The van der Waals surface area contributed by atoms with Gasteiger partial charge >= 0.3 is 0 Å². The molecular weight excluding hydrogens is 256 g/mol. The average Bonchev–Trinajstić information content (AvgIpc) is 2.29. The second-order valence-corrected chi connectivity index (χ2v) is 5.46. The number of rotatable bonds is 7. The van der Waals surface area contributed by atoms with E-state index in [1.807, 2.05) is 0 Å². The molecule has 1 aromatic rings. The van der Waals surface area contributed by atoms with E-state index >= 15 is 0 Å². The number of carbonyl (C=O) groups is 1. The van der Waals surface area contributed by atoms with Gasteiger partial charge in [-0.15, -0.1) is 0 Å². The molecule has 0 bridgehead atoms. The Bertz CT molecular complexity index is 516. The summed E-state index contributed by atoms with van der Waals surface area (Å²) in [6, 6.07) is 3.11. The zero-order chi connectivity index (χ0) is 13.6. The van der Waals surface area contributed by atoms with Gasteiger partial charge in [0.15, 0.2) is 0 Å². The Morgan fingerprint density at radius 2 is 2.22 bits per heavy atom. The highest BCUT2D eigenvalue weighted by Gasteiger charge is 2.08. The van der Waals surface area contributed by atoms with Gasteiger partial charge in [0.1, 0.15) is 5.69 Å². The van der Waals surface area contributed by atoms with Gasteiger partial charge in [-0.05, 0) is 12.1 Å². The van der Waals surface area contributed by atoms with Gasteiger partial charge in [0.2, 0.25) is 10.0 Å². The van der Waals surface area contributed by atoms with E-state index in [1.165, 1.54) is 12.3 Å². The number of hydrogen-bond acceptors (Lipinski definition) is 5. The third-order valence-corrected chi connectivity index (χ3v) is 3.55. The number of anilines is 1. The molecule has 7 nitrogen and oxygen atoms in total. The summed E-state index contributed by atoms with van der Waals surface area (Å²) in [5.41, 5.74) is 5.82. The maximum Gasteiger partial charge on any atom is 0.267 e. The lowest BCUT2D eigenvalue weighted by Crippen LogP contribution is -2.29. The lowest BCUT2D eigenvalue weighted by atomic mass is 10.3. The van der Waals surface area contributed by atoms with E-state index in [2.05, 4.69) is 15.0 Å². The summed E-state index contributed by atoms with van der Waals surface area (Å²) in [7, 11) is -3.25. The minimum absolute atomic E-state index is 0.0466. The smallest absolute Gasteiger partial charge is 0.267 e. The first kappa shape index (κ1) is 14.4. The molecule has 0 radical (unpaired) electrons. The van der Waals surface area contributed by atoms with Gasteiger partial charge in [-0.1, -0.05) is 6.92 Å². The molecule has 0 aliphatic heterocycles. The highest BCUT2D eigenvalue weighted by atomic mass is 32.2. The van der Waals surface area contributed by atoms with Crippen LogP contribution in [0.1, 0.15) is 17.4 Å². The van der Waals surface area contributed by atoms with E-state index < -0.39 is 15.9 Å². The molecule has 1 heterocycles. The maximum atomic E-state index is 11.4. The van der Waals surface area contributed by atoms with Gasteiger partial charge in [-0.25, -0.2) is 13.1 Å². The van der Waals surface area contributed by atoms with Crippen LogP contribution in [0.5, 0.6) is 0 Å². The fourth-order valence-electron chi connectivity index (χ4n) is 1.30. The molecule has 0 atom stereocenters. The third kappa shape index (κ3) is 4.68. The van der Waals surface area contributed by atoms with Crippen LogP contribution in [-0.2, 0) is 10.0 Å². The number of nitrogens with zero attached hydrogens (tertiary/aromatic N) is 1.